The van der Waals surface area contributed by atoms with Crippen molar-refractivity contribution in [3.05, 3.63) is 65.7 Å². The van der Waals surface area contributed by atoms with Crippen LogP contribution in [0.5, 0.6) is 11.5 Å². The molecule has 2 saturated carbocycles. The van der Waals surface area contributed by atoms with E-state index in [1.807, 2.05) is 40.8 Å². The van der Waals surface area contributed by atoms with Crippen molar-refractivity contribution in [2.24, 2.45) is 24.6 Å². The SMILES string of the molecule is COc1cc(C(=O)N2C[C@H]3CC[C@@H]2[C@@H]3N)cc2nc(-c3cc4cccc(-c5ccc(O)c(C(=O)O)c5)c4n3CC3CC3)n(C)c12. The van der Waals surface area contributed by atoms with Crippen molar-refractivity contribution in [2.45, 2.75) is 44.3 Å². The summed E-state index contributed by atoms with van der Waals surface area (Å²) in [5, 5.41) is 20.8. The molecule has 2 aromatic heterocycles. The van der Waals surface area contributed by atoms with Gasteiger partial charge in [0.2, 0.25) is 0 Å². The Morgan fingerprint density at radius 2 is 1.87 bits per heavy atom. The molecule has 1 amide bonds. The summed E-state index contributed by atoms with van der Waals surface area (Å²) >= 11 is 0. The Kier molecular flexibility index (Phi) is 6.22. The van der Waals surface area contributed by atoms with Gasteiger partial charge in [0.25, 0.3) is 5.91 Å². The molecule has 0 spiro atoms. The van der Waals surface area contributed by atoms with Gasteiger partial charge in [-0.1, -0.05) is 24.3 Å². The minimum atomic E-state index is -1.18. The average Bonchev–Trinajstić information content (AvgIpc) is 3.42. The summed E-state index contributed by atoms with van der Waals surface area (Å²) in [5.41, 5.74) is 11.8. The summed E-state index contributed by atoms with van der Waals surface area (Å²) in [6.07, 6.45) is 4.31. The molecule has 2 bridgehead atoms. The topological polar surface area (TPSA) is 136 Å². The maximum Gasteiger partial charge on any atom is 0.339 e. The van der Waals surface area contributed by atoms with E-state index in [-0.39, 0.29) is 29.3 Å². The van der Waals surface area contributed by atoms with Crippen molar-refractivity contribution in [1.82, 2.24) is 19.0 Å². The predicted octanol–water partition coefficient (Wildman–Crippen LogP) is 5.25. The molecule has 2 aliphatic carbocycles. The van der Waals surface area contributed by atoms with E-state index in [0.717, 1.165) is 65.7 Å². The molecule has 0 unspecified atom stereocenters. The van der Waals surface area contributed by atoms with E-state index in [9.17, 15) is 19.8 Å². The van der Waals surface area contributed by atoms with Gasteiger partial charge in [0.1, 0.15) is 22.6 Å². The van der Waals surface area contributed by atoms with Crippen LogP contribution in [0, 0.1) is 11.8 Å². The van der Waals surface area contributed by atoms with Crippen LogP contribution in [-0.2, 0) is 13.6 Å². The number of ether oxygens (including phenoxy) is 1. The van der Waals surface area contributed by atoms with Gasteiger partial charge in [-0.2, -0.15) is 0 Å². The normalized spacial score (nSPS) is 20.9. The molecule has 10 heteroatoms. The van der Waals surface area contributed by atoms with Gasteiger partial charge in [0, 0.05) is 48.7 Å². The molecule has 3 aromatic carbocycles. The van der Waals surface area contributed by atoms with Crippen molar-refractivity contribution >= 4 is 33.8 Å². The predicted molar refractivity (Wildman–Crippen MR) is 171 cm³/mol. The first-order chi connectivity index (χ1) is 21.7. The molecule has 10 nitrogen and oxygen atoms in total. The van der Waals surface area contributed by atoms with Crippen LogP contribution < -0.4 is 10.5 Å². The molecule has 5 aromatic rings. The van der Waals surface area contributed by atoms with E-state index < -0.39 is 5.97 Å². The van der Waals surface area contributed by atoms with Gasteiger partial charge in [0.05, 0.1) is 23.8 Å². The lowest BCUT2D eigenvalue weighted by molar-refractivity contribution is 0.0687. The van der Waals surface area contributed by atoms with Crippen LogP contribution in [0.25, 0.3) is 44.6 Å². The highest BCUT2D eigenvalue weighted by atomic mass is 16.5. The molecule has 45 heavy (non-hydrogen) atoms. The number of aromatic hydroxyl groups is 1. The third-order valence-electron chi connectivity index (χ3n) is 10.1. The Morgan fingerprint density at radius 1 is 1.04 bits per heavy atom. The number of aryl methyl sites for hydroxylation is 1. The van der Waals surface area contributed by atoms with Gasteiger partial charge in [-0.25, -0.2) is 9.78 Å². The van der Waals surface area contributed by atoms with E-state index in [4.69, 9.17) is 15.5 Å². The highest BCUT2D eigenvalue weighted by molar-refractivity contribution is 6.02. The quantitative estimate of drug-likeness (QED) is 0.231. The second kappa shape index (κ2) is 10.1. The van der Waals surface area contributed by atoms with Crippen molar-refractivity contribution in [3.63, 3.8) is 0 Å². The lowest BCUT2D eigenvalue weighted by Gasteiger charge is -2.27. The number of hydrogen-bond acceptors (Lipinski definition) is 6. The Bertz CT molecular complexity index is 2040. The van der Waals surface area contributed by atoms with E-state index in [0.29, 0.717) is 40.8 Å². The van der Waals surface area contributed by atoms with Crippen LogP contribution in [0.15, 0.2) is 54.6 Å². The number of benzene rings is 3. The van der Waals surface area contributed by atoms with Gasteiger partial charge in [-0.05, 0) is 73.4 Å². The summed E-state index contributed by atoms with van der Waals surface area (Å²) in [6.45, 7) is 1.48. The Hall–Kier alpha value is -4.83. The number of amides is 1. The summed E-state index contributed by atoms with van der Waals surface area (Å²) < 4.78 is 10.2. The molecule has 3 atom stereocenters. The fourth-order valence-corrected chi connectivity index (χ4v) is 7.63. The molecule has 3 aliphatic rings. The number of methoxy groups -OCH3 is 1. The number of carboxylic acids is 1. The maximum atomic E-state index is 13.7. The average molecular weight is 606 g/mol. The number of hydrogen-bond donors (Lipinski definition) is 3. The Morgan fingerprint density at radius 3 is 2.56 bits per heavy atom. The number of rotatable bonds is 7. The van der Waals surface area contributed by atoms with Gasteiger partial charge in [0.15, 0.2) is 5.82 Å². The summed E-state index contributed by atoms with van der Waals surface area (Å²) in [7, 11) is 3.58. The Labute approximate surface area is 259 Å². The molecular weight excluding hydrogens is 570 g/mol. The molecule has 4 N–H and O–H groups in total. The van der Waals surface area contributed by atoms with Crippen LogP contribution in [0.4, 0.5) is 0 Å². The van der Waals surface area contributed by atoms with Crippen LogP contribution in [0.3, 0.4) is 0 Å². The fraction of sp³-hybridized carbons (Fsp3) is 0.343. The second-order valence-corrected chi connectivity index (χ2v) is 12.8. The molecular formula is C35H35N5O5. The van der Waals surface area contributed by atoms with E-state index >= 15 is 0 Å². The number of carboxylic acid groups (broad SMARTS) is 1. The molecule has 1 aliphatic heterocycles. The third kappa shape index (κ3) is 4.30. The fourth-order valence-electron chi connectivity index (χ4n) is 7.63. The lowest BCUT2D eigenvalue weighted by Crippen LogP contribution is -2.41. The number of aromatic nitrogens is 3. The van der Waals surface area contributed by atoms with Crippen LogP contribution in [0.2, 0.25) is 0 Å². The molecule has 0 radical (unpaired) electrons. The van der Waals surface area contributed by atoms with Crippen molar-refractivity contribution in [1.29, 1.82) is 0 Å². The zero-order valence-electron chi connectivity index (χ0n) is 25.2. The van der Waals surface area contributed by atoms with Crippen LogP contribution >= 0.6 is 0 Å². The maximum absolute atomic E-state index is 13.7. The molecule has 230 valence electrons. The number of carbonyl (C=O) groups is 2. The largest absolute Gasteiger partial charge is 0.507 e. The molecule has 3 heterocycles. The van der Waals surface area contributed by atoms with Gasteiger partial charge in [-0.3, -0.25) is 4.79 Å². The second-order valence-electron chi connectivity index (χ2n) is 12.8. The smallest absolute Gasteiger partial charge is 0.339 e. The summed E-state index contributed by atoms with van der Waals surface area (Å²) in [5.74, 6) is 0.754. The molecule has 8 rings (SSSR count). The highest BCUT2D eigenvalue weighted by Gasteiger charge is 2.47. The first-order valence-electron chi connectivity index (χ1n) is 15.5. The number of nitrogens with zero attached hydrogens (tertiary/aromatic N) is 4. The summed E-state index contributed by atoms with van der Waals surface area (Å²) in [4.78, 5) is 32.6. The lowest BCUT2D eigenvalue weighted by atomic mass is 10.00. The number of phenols is 1. The number of aromatic carboxylic acids is 1. The number of nitrogens with two attached hydrogens (primary N) is 1. The highest BCUT2D eigenvalue weighted by Crippen LogP contribution is 2.42. The van der Waals surface area contributed by atoms with Crippen molar-refractivity contribution in [2.75, 3.05) is 13.7 Å². The Balaban J connectivity index is 1.28. The standard InChI is InChI=1S/C35H35N5O5/c1-38-32-25(13-22(15-29(32)45-2)34(42)40-17-21-8-10-26(40)30(21)36)37-33(38)27-14-20-4-3-5-23(31(20)39(27)16-18-6-7-18)19-9-11-28(41)24(12-19)35(43)44/h3-5,9,11-15,18,21,26,30,41H,6-8,10,16-17,36H2,1-2H3,(H,43,44)/t21-,26-,30-/m1/s1. The zero-order chi connectivity index (χ0) is 31.1. The molecule has 3 fully saturated rings. The minimum absolute atomic E-state index is 0.0350. The number of imidazole rings is 1. The van der Waals surface area contributed by atoms with E-state index in [2.05, 4.69) is 16.7 Å². The zero-order valence-corrected chi connectivity index (χ0v) is 25.2. The minimum Gasteiger partial charge on any atom is -0.507 e. The van der Waals surface area contributed by atoms with Crippen molar-refractivity contribution in [3.8, 4) is 34.1 Å². The van der Waals surface area contributed by atoms with E-state index in [1.165, 1.54) is 12.1 Å². The summed E-state index contributed by atoms with van der Waals surface area (Å²) in [6, 6.07) is 16.6. The number of para-hydroxylation sites is 1. The first-order valence-corrected chi connectivity index (χ1v) is 15.5. The van der Waals surface area contributed by atoms with Gasteiger partial charge >= 0.3 is 5.97 Å². The van der Waals surface area contributed by atoms with E-state index in [1.54, 1.807) is 13.2 Å². The van der Waals surface area contributed by atoms with Gasteiger partial charge in [-0.15, -0.1) is 0 Å². The number of fused-ring (bicyclic) bond motifs is 4. The first kappa shape index (κ1) is 27.7. The number of carbonyl (C=O) groups excluding carboxylic acids is 1. The number of piperidine rings is 1. The van der Waals surface area contributed by atoms with Crippen LogP contribution in [-0.4, -0.2) is 66.8 Å². The van der Waals surface area contributed by atoms with Crippen LogP contribution in [0.1, 0.15) is 46.4 Å². The van der Waals surface area contributed by atoms with Crippen molar-refractivity contribution < 1.29 is 24.5 Å². The van der Waals surface area contributed by atoms with Gasteiger partial charge < -0.3 is 34.7 Å². The third-order valence-corrected chi connectivity index (χ3v) is 10.1. The number of likely N-dealkylation sites (tertiary alicyclic amines) is 1. The monoisotopic (exact) mass is 605 g/mol. The molecule has 1 saturated heterocycles.